The normalized spacial score (nSPS) is 10.7. The van der Waals surface area contributed by atoms with Crippen molar-refractivity contribution in [3.05, 3.63) is 16.9 Å². The van der Waals surface area contributed by atoms with E-state index in [1.807, 2.05) is 13.8 Å². The monoisotopic (exact) mass is 187 g/mol. The standard InChI is InChI=1S/C8H10ClNO2/c1-4(2)6-7(12)5(11)3-10-8(6)9/h3-4,11H,1-2H3,(H,10,12). The minimum atomic E-state index is -0.233. The van der Waals surface area contributed by atoms with Gasteiger partial charge < -0.3 is 10.2 Å². The molecule has 1 rings (SSSR count). The molecule has 0 aromatic carbocycles. The molecule has 0 amide bonds. The zero-order valence-corrected chi connectivity index (χ0v) is 7.63. The van der Waals surface area contributed by atoms with Gasteiger partial charge in [-0.15, -0.1) is 0 Å². The zero-order chi connectivity index (χ0) is 9.30. The molecule has 1 heterocycles. The molecule has 3 nitrogen and oxygen atoms in total. The van der Waals surface area contributed by atoms with Crippen molar-refractivity contribution in [3.63, 3.8) is 0 Å². The molecule has 0 spiro atoms. The number of pyridine rings is 1. The lowest BCUT2D eigenvalue weighted by atomic mass is 10.0. The van der Waals surface area contributed by atoms with Gasteiger partial charge in [0.1, 0.15) is 5.15 Å². The third-order valence-corrected chi connectivity index (χ3v) is 1.90. The fourth-order valence-electron chi connectivity index (χ4n) is 0.996. The molecule has 1 aromatic heterocycles. The molecule has 12 heavy (non-hydrogen) atoms. The summed E-state index contributed by atoms with van der Waals surface area (Å²) in [5, 5.41) is 18.7. The molecule has 4 heteroatoms. The van der Waals surface area contributed by atoms with Crippen LogP contribution >= 0.6 is 11.6 Å². The molecular weight excluding hydrogens is 178 g/mol. The van der Waals surface area contributed by atoms with Crippen LogP contribution in [0.25, 0.3) is 0 Å². The Balaban J connectivity index is 3.33. The molecule has 0 fully saturated rings. The Morgan fingerprint density at radius 1 is 1.42 bits per heavy atom. The molecule has 2 N–H and O–H groups in total. The number of aromatic hydroxyl groups is 2. The van der Waals surface area contributed by atoms with E-state index >= 15 is 0 Å². The van der Waals surface area contributed by atoms with Crippen LogP contribution < -0.4 is 0 Å². The fourth-order valence-corrected chi connectivity index (χ4v) is 1.35. The maximum atomic E-state index is 9.37. The van der Waals surface area contributed by atoms with Gasteiger partial charge in [-0.2, -0.15) is 0 Å². The maximum Gasteiger partial charge on any atom is 0.176 e. The third kappa shape index (κ3) is 1.46. The van der Waals surface area contributed by atoms with Gasteiger partial charge in [0.05, 0.1) is 6.20 Å². The lowest BCUT2D eigenvalue weighted by Crippen LogP contribution is -1.92. The van der Waals surface area contributed by atoms with E-state index in [4.69, 9.17) is 16.7 Å². The summed E-state index contributed by atoms with van der Waals surface area (Å²) in [5.41, 5.74) is 0.483. The average Bonchev–Trinajstić information content (AvgIpc) is 1.97. The highest BCUT2D eigenvalue weighted by molar-refractivity contribution is 6.30. The zero-order valence-electron chi connectivity index (χ0n) is 6.87. The summed E-state index contributed by atoms with van der Waals surface area (Å²) in [6, 6.07) is 0. The summed E-state index contributed by atoms with van der Waals surface area (Å²) < 4.78 is 0. The average molecular weight is 188 g/mol. The first-order chi connectivity index (χ1) is 5.54. The quantitative estimate of drug-likeness (QED) is 0.664. The predicted molar refractivity (Wildman–Crippen MR) is 46.7 cm³/mol. The van der Waals surface area contributed by atoms with Crippen LogP contribution in [0.4, 0.5) is 0 Å². The summed E-state index contributed by atoms with van der Waals surface area (Å²) in [4.78, 5) is 3.72. The van der Waals surface area contributed by atoms with Gasteiger partial charge in [-0.1, -0.05) is 25.4 Å². The SMILES string of the molecule is CC(C)c1c(Cl)ncc(O)c1O. The number of rotatable bonds is 1. The van der Waals surface area contributed by atoms with E-state index in [9.17, 15) is 5.11 Å². The van der Waals surface area contributed by atoms with Gasteiger partial charge in [-0.05, 0) is 5.92 Å². The van der Waals surface area contributed by atoms with Gasteiger partial charge in [0, 0.05) is 5.56 Å². The van der Waals surface area contributed by atoms with Crippen LogP contribution in [0.2, 0.25) is 5.15 Å². The highest BCUT2D eigenvalue weighted by Gasteiger charge is 2.14. The summed E-state index contributed by atoms with van der Waals surface area (Å²) >= 11 is 5.71. The van der Waals surface area contributed by atoms with E-state index < -0.39 is 0 Å². The Hall–Kier alpha value is -0.960. The van der Waals surface area contributed by atoms with Crippen molar-refractivity contribution in [2.24, 2.45) is 0 Å². The van der Waals surface area contributed by atoms with Gasteiger partial charge in [0.25, 0.3) is 0 Å². The topological polar surface area (TPSA) is 53.4 Å². The largest absolute Gasteiger partial charge is 0.504 e. The Morgan fingerprint density at radius 3 is 2.42 bits per heavy atom. The molecule has 0 unspecified atom stereocenters. The Bertz CT molecular complexity index is 299. The second-order valence-corrected chi connectivity index (χ2v) is 3.21. The highest BCUT2D eigenvalue weighted by atomic mass is 35.5. The first-order valence-corrected chi connectivity index (χ1v) is 3.98. The van der Waals surface area contributed by atoms with E-state index in [0.29, 0.717) is 5.56 Å². The molecule has 0 aliphatic carbocycles. The highest BCUT2D eigenvalue weighted by Crippen LogP contribution is 2.36. The van der Waals surface area contributed by atoms with E-state index in [0.717, 1.165) is 6.20 Å². The maximum absolute atomic E-state index is 9.37. The number of halogens is 1. The van der Waals surface area contributed by atoms with Crippen LogP contribution in [0.15, 0.2) is 6.20 Å². The van der Waals surface area contributed by atoms with Crippen molar-refractivity contribution in [1.82, 2.24) is 4.98 Å². The van der Waals surface area contributed by atoms with Crippen molar-refractivity contribution in [1.29, 1.82) is 0 Å². The fraction of sp³-hybridized carbons (Fsp3) is 0.375. The summed E-state index contributed by atoms with van der Waals surface area (Å²) in [5.74, 6) is -0.370. The minimum absolute atomic E-state index is 0.0390. The third-order valence-electron chi connectivity index (χ3n) is 1.60. The van der Waals surface area contributed by atoms with Crippen LogP contribution in [-0.2, 0) is 0 Å². The molecule has 0 atom stereocenters. The van der Waals surface area contributed by atoms with Crippen LogP contribution in [0.3, 0.4) is 0 Å². The molecule has 0 aliphatic rings. The Morgan fingerprint density at radius 2 is 2.00 bits per heavy atom. The van der Waals surface area contributed by atoms with E-state index in [-0.39, 0.29) is 22.6 Å². The lowest BCUT2D eigenvalue weighted by Gasteiger charge is -2.09. The van der Waals surface area contributed by atoms with Crippen molar-refractivity contribution < 1.29 is 10.2 Å². The van der Waals surface area contributed by atoms with E-state index in [1.165, 1.54) is 0 Å². The number of aromatic nitrogens is 1. The first kappa shape index (κ1) is 9.13. The second kappa shape index (κ2) is 3.19. The molecule has 0 saturated carbocycles. The van der Waals surface area contributed by atoms with Crippen LogP contribution in [-0.4, -0.2) is 15.2 Å². The van der Waals surface area contributed by atoms with Crippen LogP contribution in [0, 0.1) is 0 Å². The summed E-state index contributed by atoms with van der Waals surface area (Å²) in [7, 11) is 0. The van der Waals surface area contributed by atoms with Crippen molar-refractivity contribution in [2.75, 3.05) is 0 Å². The Kier molecular flexibility index (Phi) is 2.43. The number of hydrogen-bond donors (Lipinski definition) is 2. The van der Waals surface area contributed by atoms with Gasteiger partial charge in [-0.25, -0.2) is 4.98 Å². The summed E-state index contributed by atoms with van der Waals surface area (Å²) in [6.45, 7) is 3.73. The Labute approximate surface area is 75.6 Å². The molecule has 0 radical (unpaired) electrons. The second-order valence-electron chi connectivity index (χ2n) is 2.85. The molecule has 0 aliphatic heterocycles. The van der Waals surface area contributed by atoms with E-state index in [2.05, 4.69) is 4.98 Å². The minimum Gasteiger partial charge on any atom is -0.504 e. The van der Waals surface area contributed by atoms with E-state index in [1.54, 1.807) is 0 Å². The van der Waals surface area contributed by atoms with Gasteiger partial charge >= 0.3 is 0 Å². The lowest BCUT2D eigenvalue weighted by molar-refractivity contribution is 0.395. The number of nitrogens with zero attached hydrogens (tertiary/aromatic N) is 1. The smallest absolute Gasteiger partial charge is 0.176 e. The van der Waals surface area contributed by atoms with Gasteiger partial charge in [0.15, 0.2) is 11.5 Å². The van der Waals surface area contributed by atoms with Crippen LogP contribution in [0.1, 0.15) is 25.3 Å². The van der Waals surface area contributed by atoms with Crippen molar-refractivity contribution in [2.45, 2.75) is 19.8 Å². The first-order valence-electron chi connectivity index (χ1n) is 3.60. The van der Waals surface area contributed by atoms with Crippen molar-refractivity contribution >= 4 is 11.6 Å². The molecule has 0 saturated heterocycles. The summed E-state index contributed by atoms with van der Waals surface area (Å²) in [6.07, 6.45) is 1.13. The van der Waals surface area contributed by atoms with Gasteiger partial charge in [-0.3, -0.25) is 0 Å². The van der Waals surface area contributed by atoms with Crippen molar-refractivity contribution in [3.8, 4) is 11.5 Å². The molecular formula is C8H10ClNO2. The molecule has 0 bridgehead atoms. The molecule has 66 valence electrons. The van der Waals surface area contributed by atoms with Crippen LogP contribution in [0.5, 0.6) is 11.5 Å². The van der Waals surface area contributed by atoms with Gasteiger partial charge in [0.2, 0.25) is 0 Å². The molecule has 1 aromatic rings. The number of hydrogen-bond acceptors (Lipinski definition) is 3. The predicted octanol–water partition coefficient (Wildman–Crippen LogP) is 2.27.